The maximum absolute atomic E-state index is 13.4. The first-order chi connectivity index (χ1) is 16.8. The molecule has 2 amide bonds. The smallest absolute Gasteiger partial charge is 0.355 e. The molecule has 2 aromatic rings. The number of amides is 2. The average molecular weight is 490 g/mol. The molecule has 10 heteroatoms. The second-order valence-electron chi connectivity index (χ2n) is 9.13. The first-order valence-electron chi connectivity index (χ1n) is 11.9. The molecule has 0 saturated carbocycles. The Bertz CT molecular complexity index is 1010. The molecule has 0 aliphatic carbocycles. The number of nitrogens with one attached hydrogen (secondary N) is 2. The first-order valence-corrected chi connectivity index (χ1v) is 11.9. The second kappa shape index (κ2) is 11.1. The van der Waals surface area contributed by atoms with Crippen LogP contribution in [0.1, 0.15) is 31.2 Å². The number of aromatic nitrogens is 1. The lowest BCUT2D eigenvalue weighted by molar-refractivity contribution is -0.137. The molecule has 3 heterocycles. The molecule has 0 bridgehead atoms. The maximum Gasteiger partial charge on any atom is 0.419 e. The zero-order valence-electron chi connectivity index (χ0n) is 19.4. The fourth-order valence-corrected chi connectivity index (χ4v) is 4.73. The van der Waals surface area contributed by atoms with E-state index in [1.54, 1.807) is 4.90 Å². The van der Waals surface area contributed by atoms with E-state index in [0.29, 0.717) is 39.0 Å². The van der Waals surface area contributed by atoms with Gasteiger partial charge in [-0.2, -0.15) is 13.2 Å². The minimum Gasteiger partial charge on any atom is -0.355 e. The van der Waals surface area contributed by atoms with Crippen LogP contribution in [0.4, 0.5) is 24.7 Å². The van der Waals surface area contributed by atoms with Gasteiger partial charge in [-0.3, -0.25) is 14.5 Å². The molecule has 1 aromatic heterocycles. The number of rotatable bonds is 6. The summed E-state index contributed by atoms with van der Waals surface area (Å²) in [5.74, 6) is -0.700. The zero-order chi connectivity index (χ0) is 24.8. The van der Waals surface area contributed by atoms with E-state index in [1.807, 2.05) is 30.3 Å². The van der Waals surface area contributed by atoms with E-state index in [9.17, 15) is 22.8 Å². The number of benzene rings is 1. The largest absolute Gasteiger partial charge is 0.419 e. The van der Waals surface area contributed by atoms with Crippen LogP contribution in [0.3, 0.4) is 0 Å². The lowest BCUT2D eigenvalue weighted by Gasteiger charge is -2.36. The van der Waals surface area contributed by atoms with Crippen LogP contribution in [-0.4, -0.2) is 60.5 Å². The quantitative estimate of drug-likeness (QED) is 0.649. The summed E-state index contributed by atoms with van der Waals surface area (Å²) in [7, 11) is 0. The topological polar surface area (TPSA) is 77.6 Å². The third-order valence-corrected chi connectivity index (χ3v) is 6.54. The molecule has 2 fully saturated rings. The van der Waals surface area contributed by atoms with Crippen molar-refractivity contribution in [1.29, 1.82) is 0 Å². The fraction of sp³-hybridized carbons (Fsp3) is 0.480. The van der Waals surface area contributed by atoms with Crippen molar-refractivity contribution >= 4 is 23.3 Å². The molecular weight excluding hydrogens is 459 g/mol. The molecule has 1 unspecified atom stereocenters. The van der Waals surface area contributed by atoms with Crippen molar-refractivity contribution in [3.63, 3.8) is 0 Å². The Morgan fingerprint density at radius 1 is 1.00 bits per heavy atom. The van der Waals surface area contributed by atoms with Crippen LogP contribution >= 0.6 is 0 Å². The van der Waals surface area contributed by atoms with Gasteiger partial charge in [0.15, 0.2) is 0 Å². The number of nitrogens with zero attached hydrogens (tertiary/aromatic N) is 3. The summed E-state index contributed by atoms with van der Waals surface area (Å²) in [6, 6.07) is 11.6. The molecule has 0 spiro atoms. The highest BCUT2D eigenvalue weighted by Gasteiger charge is 2.37. The van der Waals surface area contributed by atoms with Gasteiger partial charge in [0.2, 0.25) is 11.8 Å². The maximum atomic E-state index is 13.4. The molecule has 0 radical (unpaired) electrons. The summed E-state index contributed by atoms with van der Waals surface area (Å²) in [4.78, 5) is 32.8. The number of para-hydroxylation sites is 1. The third-order valence-electron chi connectivity index (χ3n) is 6.54. The Morgan fingerprint density at radius 2 is 1.74 bits per heavy atom. The second-order valence-corrected chi connectivity index (χ2v) is 9.13. The van der Waals surface area contributed by atoms with Gasteiger partial charge in [0.1, 0.15) is 5.82 Å². The average Bonchev–Trinajstić information content (AvgIpc) is 2.85. The SMILES string of the molecule is O=C(CN1CCC(NC(=O)C2CCCN(c3ncccc3C(F)(F)F)C2)CC1)Nc1ccccc1. The fourth-order valence-electron chi connectivity index (χ4n) is 4.73. The minimum absolute atomic E-state index is 0.00750. The van der Waals surface area contributed by atoms with Crippen LogP contribution in [0.2, 0.25) is 0 Å². The van der Waals surface area contributed by atoms with Crippen LogP contribution in [0.5, 0.6) is 0 Å². The Morgan fingerprint density at radius 3 is 2.46 bits per heavy atom. The van der Waals surface area contributed by atoms with Gasteiger partial charge in [-0.15, -0.1) is 0 Å². The molecule has 2 N–H and O–H groups in total. The van der Waals surface area contributed by atoms with Gasteiger partial charge < -0.3 is 15.5 Å². The van der Waals surface area contributed by atoms with Crippen molar-refractivity contribution in [3.05, 3.63) is 54.2 Å². The number of piperidine rings is 2. The number of anilines is 2. The van der Waals surface area contributed by atoms with Gasteiger partial charge in [-0.1, -0.05) is 18.2 Å². The molecule has 35 heavy (non-hydrogen) atoms. The normalized spacial score (nSPS) is 19.9. The van der Waals surface area contributed by atoms with E-state index in [2.05, 4.69) is 20.5 Å². The third kappa shape index (κ3) is 6.72. The Labute approximate surface area is 202 Å². The van der Waals surface area contributed by atoms with E-state index >= 15 is 0 Å². The molecule has 2 aliphatic rings. The summed E-state index contributed by atoms with van der Waals surface area (Å²) < 4.78 is 40.2. The van der Waals surface area contributed by atoms with E-state index in [4.69, 9.17) is 0 Å². The number of halogens is 3. The van der Waals surface area contributed by atoms with Crippen molar-refractivity contribution in [2.45, 2.75) is 37.9 Å². The number of hydrogen-bond donors (Lipinski definition) is 2. The molecule has 2 aliphatic heterocycles. The van der Waals surface area contributed by atoms with Crippen molar-refractivity contribution in [1.82, 2.24) is 15.2 Å². The van der Waals surface area contributed by atoms with E-state index < -0.39 is 11.7 Å². The lowest BCUT2D eigenvalue weighted by atomic mass is 9.95. The van der Waals surface area contributed by atoms with Crippen LogP contribution in [0.15, 0.2) is 48.7 Å². The molecule has 2 saturated heterocycles. The van der Waals surface area contributed by atoms with Crippen LogP contribution < -0.4 is 15.5 Å². The van der Waals surface area contributed by atoms with Gasteiger partial charge in [0, 0.05) is 44.1 Å². The summed E-state index contributed by atoms with van der Waals surface area (Å²) in [6.45, 7) is 2.32. The number of hydrogen-bond acceptors (Lipinski definition) is 5. The van der Waals surface area contributed by atoms with Crippen LogP contribution in [0, 0.1) is 5.92 Å². The standard InChI is InChI=1S/C25H30F3N5O2/c26-25(27,28)21-9-4-12-29-23(21)33-13-5-6-18(16-33)24(35)31-20-10-14-32(15-11-20)17-22(34)30-19-7-2-1-3-8-19/h1-4,7-9,12,18,20H,5-6,10-11,13-17H2,(H,30,34)(H,31,35). The van der Waals surface area contributed by atoms with Crippen molar-refractivity contribution in [2.75, 3.05) is 42.9 Å². The van der Waals surface area contributed by atoms with E-state index in [1.165, 1.54) is 12.3 Å². The number of carbonyl (C=O) groups is 2. The number of likely N-dealkylation sites (tertiary alicyclic amines) is 1. The molecule has 1 aromatic carbocycles. The molecular formula is C25H30F3N5O2. The Balaban J connectivity index is 1.25. The highest BCUT2D eigenvalue weighted by Crippen LogP contribution is 2.36. The highest BCUT2D eigenvalue weighted by atomic mass is 19.4. The molecule has 4 rings (SSSR count). The minimum atomic E-state index is -4.50. The summed E-state index contributed by atoms with van der Waals surface area (Å²) in [6.07, 6.45) is -0.443. The number of pyridine rings is 1. The van der Waals surface area contributed by atoms with Gasteiger partial charge >= 0.3 is 6.18 Å². The van der Waals surface area contributed by atoms with Gasteiger partial charge in [-0.25, -0.2) is 4.98 Å². The highest BCUT2D eigenvalue weighted by molar-refractivity contribution is 5.92. The van der Waals surface area contributed by atoms with Crippen LogP contribution in [-0.2, 0) is 15.8 Å². The number of carbonyl (C=O) groups excluding carboxylic acids is 2. The van der Waals surface area contributed by atoms with Crippen molar-refractivity contribution in [2.24, 2.45) is 5.92 Å². The molecule has 7 nitrogen and oxygen atoms in total. The Kier molecular flexibility index (Phi) is 7.90. The van der Waals surface area contributed by atoms with Gasteiger partial charge in [0.25, 0.3) is 0 Å². The zero-order valence-corrected chi connectivity index (χ0v) is 19.4. The van der Waals surface area contributed by atoms with Crippen LogP contribution in [0.25, 0.3) is 0 Å². The van der Waals surface area contributed by atoms with E-state index in [0.717, 1.165) is 24.6 Å². The predicted octanol–water partition coefficient (Wildman–Crippen LogP) is 3.54. The van der Waals surface area contributed by atoms with Crippen molar-refractivity contribution < 1.29 is 22.8 Å². The summed E-state index contributed by atoms with van der Waals surface area (Å²) >= 11 is 0. The molecule has 1 atom stereocenters. The van der Waals surface area contributed by atoms with Gasteiger partial charge in [0.05, 0.1) is 18.0 Å². The van der Waals surface area contributed by atoms with Gasteiger partial charge in [-0.05, 0) is 49.9 Å². The predicted molar refractivity (Wildman–Crippen MR) is 127 cm³/mol. The summed E-state index contributed by atoms with van der Waals surface area (Å²) in [5, 5.41) is 5.96. The Hall–Kier alpha value is -3.14. The first kappa shape index (κ1) is 25.0. The summed E-state index contributed by atoms with van der Waals surface area (Å²) in [5.41, 5.74) is -0.0148. The monoisotopic (exact) mass is 489 g/mol. The van der Waals surface area contributed by atoms with Crippen molar-refractivity contribution in [3.8, 4) is 0 Å². The lowest BCUT2D eigenvalue weighted by Crippen LogP contribution is -2.50. The van der Waals surface area contributed by atoms with E-state index in [-0.39, 0.29) is 36.1 Å². The molecule has 188 valence electrons. The number of alkyl halides is 3.